The second-order valence-electron chi connectivity index (χ2n) is 4.04. The van der Waals surface area contributed by atoms with Crippen molar-refractivity contribution in [3.63, 3.8) is 0 Å². The minimum absolute atomic E-state index is 0.0451. The lowest BCUT2D eigenvalue weighted by Crippen LogP contribution is -2.14. The van der Waals surface area contributed by atoms with Crippen LogP contribution in [0.5, 0.6) is 0 Å². The Morgan fingerprint density at radius 2 is 1.95 bits per heavy atom. The van der Waals surface area contributed by atoms with E-state index in [9.17, 15) is 12.8 Å². The number of nitrogens with one attached hydrogen (secondary N) is 1. The smallest absolute Gasteiger partial charge is 0.263 e. The highest BCUT2D eigenvalue weighted by Gasteiger charge is 2.20. The minimum Gasteiger partial charge on any atom is -0.272 e. The first kappa shape index (κ1) is 14.5. The summed E-state index contributed by atoms with van der Waals surface area (Å²) in [6.45, 7) is 0. The average molecular weight is 305 g/mol. The molecule has 7 nitrogen and oxygen atoms in total. The van der Waals surface area contributed by atoms with Gasteiger partial charge in [0.2, 0.25) is 0 Å². The predicted molar refractivity (Wildman–Crippen MR) is 69.8 cm³/mol. The number of aromatic nitrogens is 2. The van der Waals surface area contributed by atoms with E-state index in [-0.39, 0.29) is 21.8 Å². The van der Waals surface area contributed by atoms with Crippen LogP contribution in [0, 0.1) is 28.5 Å². The van der Waals surface area contributed by atoms with Crippen LogP contribution in [-0.2, 0) is 17.1 Å². The van der Waals surface area contributed by atoms with Crippen LogP contribution >= 0.6 is 0 Å². The lowest BCUT2D eigenvalue weighted by atomic mass is 10.2. The fourth-order valence-electron chi connectivity index (χ4n) is 1.59. The summed E-state index contributed by atoms with van der Waals surface area (Å²) in [5, 5.41) is 21.4. The monoisotopic (exact) mass is 305 g/mol. The normalized spacial score (nSPS) is 10.7. The Hall–Kier alpha value is -2.91. The lowest BCUT2D eigenvalue weighted by Gasteiger charge is -2.06. The maximum atomic E-state index is 13.2. The molecule has 0 saturated carbocycles. The van der Waals surface area contributed by atoms with E-state index in [4.69, 9.17) is 10.5 Å². The predicted octanol–water partition coefficient (Wildman–Crippen LogP) is 1.10. The van der Waals surface area contributed by atoms with E-state index in [0.29, 0.717) is 0 Å². The van der Waals surface area contributed by atoms with Gasteiger partial charge in [-0.05, 0) is 18.2 Å². The largest absolute Gasteiger partial charge is 0.272 e. The van der Waals surface area contributed by atoms with Gasteiger partial charge >= 0.3 is 0 Å². The molecule has 2 aromatic rings. The number of anilines is 1. The van der Waals surface area contributed by atoms with Crippen LogP contribution < -0.4 is 4.72 Å². The third kappa shape index (κ3) is 2.83. The molecule has 0 saturated heterocycles. The van der Waals surface area contributed by atoms with Crippen molar-refractivity contribution in [1.29, 1.82) is 10.5 Å². The zero-order valence-corrected chi connectivity index (χ0v) is 11.5. The van der Waals surface area contributed by atoms with Gasteiger partial charge in [0, 0.05) is 13.2 Å². The Bertz CT molecular complexity index is 889. The highest BCUT2D eigenvalue weighted by molar-refractivity contribution is 7.92. The first-order chi connectivity index (χ1) is 9.87. The molecule has 0 bridgehead atoms. The molecule has 106 valence electrons. The van der Waals surface area contributed by atoms with E-state index >= 15 is 0 Å². The Kier molecular flexibility index (Phi) is 3.61. The zero-order chi connectivity index (χ0) is 15.6. The van der Waals surface area contributed by atoms with E-state index in [1.807, 2.05) is 0 Å². The highest BCUT2D eigenvalue weighted by atomic mass is 32.2. The number of nitriles is 2. The van der Waals surface area contributed by atoms with Gasteiger partial charge in [-0.2, -0.15) is 15.6 Å². The summed E-state index contributed by atoms with van der Waals surface area (Å²) >= 11 is 0. The number of rotatable bonds is 3. The van der Waals surface area contributed by atoms with E-state index < -0.39 is 15.8 Å². The number of halogens is 1. The van der Waals surface area contributed by atoms with Crippen LogP contribution in [0.15, 0.2) is 29.3 Å². The molecule has 0 radical (unpaired) electrons. The fourth-order valence-corrected chi connectivity index (χ4v) is 2.63. The molecule has 0 fully saturated rings. The molecule has 9 heteroatoms. The van der Waals surface area contributed by atoms with Gasteiger partial charge in [0.1, 0.15) is 23.5 Å². The summed E-state index contributed by atoms with van der Waals surface area (Å²) < 4.78 is 40.9. The summed E-state index contributed by atoms with van der Waals surface area (Å²) in [5.41, 5.74) is -0.344. The molecular weight excluding hydrogens is 297 g/mol. The number of hydrogen-bond acceptors (Lipinski definition) is 5. The quantitative estimate of drug-likeness (QED) is 0.912. The van der Waals surface area contributed by atoms with Crippen molar-refractivity contribution in [2.45, 2.75) is 4.90 Å². The Morgan fingerprint density at radius 1 is 1.29 bits per heavy atom. The van der Waals surface area contributed by atoms with E-state index in [0.717, 1.165) is 18.2 Å². The molecule has 0 aliphatic carbocycles. The van der Waals surface area contributed by atoms with Crippen molar-refractivity contribution in [2.75, 3.05) is 4.72 Å². The summed E-state index contributed by atoms with van der Waals surface area (Å²) in [6, 6.07) is 6.17. The zero-order valence-electron chi connectivity index (χ0n) is 10.7. The second kappa shape index (κ2) is 5.23. The Balaban J connectivity index is 2.44. The average Bonchev–Trinajstić information content (AvgIpc) is 2.78. The minimum atomic E-state index is -4.08. The van der Waals surface area contributed by atoms with Crippen molar-refractivity contribution >= 4 is 15.8 Å². The van der Waals surface area contributed by atoms with Crippen molar-refractivity contribution in [3.8, 4) is 12.1 Å². The van der Waals surface area contributed by atoms with Gasteiger partial charge in [-0.15, -0.1) is 0 Å². The molecule has 0 aliphatic rings. The van der Waals surface area contributed by atoms with Crippen LogP contribution in [0.3, 0.4) is 0 Å². The Morgan fingerprint density at radius 3 is 2.57 bits per heavy atom. The molecule has 1 aromatic heterocycles. The molecule has 21 heavy (non-hydrogen) atoms. The molecule has 2 rings (SSSR count). The molecule has 0 atom stereocenters. The van der Waals surface area contributed by atoms with E-state index in [1.54, 1.807) is 12.1 Å². The molecule has 1 aromatic carbocycles. The second-order valence-corrected chi connectivity index (χ2v) is 5.72. The summed E-state index contributed by atoms with van der Waals surface area (Å²) in [5.74, 6) is -0.949. The molecule has 1 heterocycles. The van der Waals surface area contributed by atoms with E-state index in [2.05, 4.69) is 9.82 Å². The van der Waals surface area contributed by atoms with Crippen LogP contribution in [0.25, 0.3) is 0 Å². The summed E-state index contributed by atoms with van der Waals surface area (Å²) in [7, 11) is -2.54. The molecule has 0 unspecified atom stereocenters. The van der Waals surface area contributed by atoms with Gasteiger partial charge < -0.3 is 0 Å². The Labute approximate surface area is 119 Å². The third-order valence-electron chi connectivity index (χ3n) is 2.55. The van der Waals surface area contributed by atoms with Gasteiger partial charge in [-0.3, -0.25) is 9.40 Å². The van der Waals surface area contributed by atoms with Crippen LogP contribution in [0.2, 0.25) is 0 Å². The fraction of sp³-hybridized carbons (Fsp3) is 0.0833. The van der Waals surface area contributed by atoms with Crippen LogP contribution in [0.4, 0.5) is 10.2 Å². The van der Waals surface area contributed by atoms with Crippen molar-refractivity contribution < 1.29 is 12.8 Å². The molecular formula is C12H8FN5O2S. The van der Waals surface area contributed by atoms with Crippen molar-refractivity contribution in [1.82, 2.24) is 9.78 Å². The van der Waals surface area contributed by atoms with Gasteiger partial charge in [0.05, 0.1) is 10.5 Å². The SMILES string of the molecule is Cn1cc(C#N)c(NS(=O)(=O)c2ccc(F)c(C#N)c2)n1. The van der Waals surface area contributed by atoms with Crippen LogP contribution in [-0.4, -0.2) is 18.2 Å². The van der Waals surface area contributed by atoms with Crippen molar-refractivity contribution in [3.05, 3.63) is 41.3 Å². The van der Waals surface area contributed by atoms with Gasteiger partial charge in [-0.25, -0.2) is 12.8 Å². The third-order valence-corrected chi connectivity index (χ3v) is 3.89. The number of benzene rings is 1. The van der Waals surface area contributed by atoms with Gasteiger partial charge in [-0.1, -0.05) is 0 Å². The summed E-state index contributed by atoms with van der Waals surface area (Å²) in [4.78, 5) is -0.296. The van der Waals surface area contributed by atoms with Gasteiger partial charge in [0.25, 0.3) is 10.0 Å². The maximum absolute atomic E-state index is 13.2. The first-order valence-electron chi connectivity index (χ1n) is 5.53. The molecule has 0 amide bonds. The summed E-state index contributed by atoms with van der Waals surface area (Å²) in [6.07, 6.45) is 1.35. The van der Waals surface area contributed by atoms with E-state index in [1.165, 1.54) is 17.9 Å². The number of aryl methyl sites for hydroxylation is 1. The lowest BCUT2D eigenvalue weighted by molar-refractivity contribution is 0.599. The number of hydrogen-bond donors (Lipinski definition) is 1. The highest BCUT2D eigenvalue weighted by Crippen LogP contribution is 2.19. The maximum Gasteiger partial charge on any atom is 0.263 e. The number of sulfonamides is 1. The van der Waals surface area contributed by atoms with Gasteiger partial charge in [0.15, 0.2) is 5.82 Å². The molecule has 0 aliphatic heterocycles. The standard InChI is InChI=1S/C12H8FN5O2S/c1-18-7-9(6-15)12(16-18)17-21(19,20)10-2-3-11(13)8(4-10)5-14/h2-4,7H,1H3,(H,16,17). The van der Waals surface area contributed by atoms with Crippen LogP contribution in [0.1, 0.15) is 11.1 Å². The number of nitrogens with zero attached hydrogens (tertiary/aromatic N) is 4. The molecule has 1 N–H and O–H groups in total. The van der Waals surface area contributed by atoms with Crippen molar-refractivity contribution in [2.24, 2.45) is 7.05 Å². The molecule has 0 spiro atoms. The first-order valence-corrected chi connectivity index (χ1v) is 7.02. The topological polar surface area (TPSA) is 112 Å².